The van der Waals surface area contributed by atoms with Crippen LogP contribution in [-0.4, -0.2) is 11.7 Å². The van der Waals surface area contributed by atoms with Crippen molar-refractivity contribution in [3.63, 3.8) is 0 Å². The van der Waals surface area contributed by atoms with Gasteiger partial charge in [-0.1, -0.05) is 54.6 Å². The van der Waals surface area contributed by atoms with Crippen molar-refractivity contribution in [2.24, 2.45) is 0 Å². The smallest absolute Gasteiger partial charge is 0.256 e. The molecule has 0 saturated heterocycles. The van der Waals surface area contributed by atoms with E-state index in [0.29, 0.717) is 22.4 Å². The number of hydrogen-bond acceptors (Lipinski definition) is 2. The number of hydrogen-bond donors (Lipinski definition) is 1. The van der Waals surface area contributed by atoms with Crippen molar-refractivity contribution in [1.29, 1.82) is 0 Å². The average molecular weight is 395 g/mol. The monoisotopic (exact) mass is 395 g/mol. The molecule has 30 heavy (non-hydrogen) atoms. The average Bonchev–Trinajstić information content (AvgIpc) is 2.78. The molecule has 4 rings (SSSR count). The Hall–Kier alpha value is -4.05. The molecule has 0 unspecified atom stereocenters. The molecule has 0 fully saturated rings. The highest BCUT2D eigenvalue weighted by atomic mass is 19.1. The number of benzene rings is 4. The van der Waals surface area contributed by atoms with Crippen molar-refractivity contribution in [1.82, 2.24) is 0 Å². The maximum Gasteiger partial charge on any atom is 0.256 e. The van der Waals surface area contributed by atoms with Gasteiger partial charge in [0.25, 0.3) is 5.91 Å². The molecule has 146 valence electrons. The molecule has 1 N–H and O–H groups in total. The largest absolute Gasteiger partial charge is 0.322 e. The fraction of sp³-hybridized carbons (Fsp3) is 0. The third-order valence-corrected chi connectivity index (χ3v) is 4.78. The molecule has 4 aromatic rings. The number of carbonyl (C=O) groups excluding carboxylic acids is 2. The van der Waals surface area contributed by atoms with Gasteiger partial charge in [-0.05, 0) is 59.3 Å². The highest BCUT2D eigenvalue weighted by molar-refractivity contribution is 6.13. The molecule has 0 atom stereocenters. The van der Waals surface area contributed by atoms with E-state index < -0.39 is 0 Å². The Morgan fingerprint density at radius 3 is 2.27 bits per heavy atom. The molecule has 0 aliphatic rings. The third kappa shape index (κ3) is 4.18. The van der Waals surface area contributed by atoms with Crippen LogP contribution in [0.2, 0.25) is 0 Å². The van der Waals surface area contributed by atoms with Crippen molar-refractivity contribution in [2.75, 3.05) is 5.32 Å². The zero-order chi connectivity index (χ0) is 20.9. The molecule has 0 aliphatic carbocycles. The topological polar surface area (TPSA) is 46.2 Å². The van der Waals surface area contributed by atoms with Crippen LogP contribution in [0, 0.1) is 5.82 Å². The third-order valence-electron chi connectivity index (χ3n) is 4.78. The number of rotatable bonds is 5. The zero-order valence-electron chi connectivity index (χ0n) is 16.0. The van der Waals surface area contributed by atoms with Gasteiger partial charge in [0.05, 0.1) is 0 Å². The Balaban J connectivity index is 1.47. The quantitative estimate of drug-likeness (QED) is 0.326. The minimum Gasteiger partial charge on any atom is -0.322 e. The van der Waals surface area contributed by atoms with Crippen molar-refractivity contribution >= 4 is 34.2 Å². The van der Waals surface area contributed by atoms with E-state index in [4.69, 9.17) is 0 Å². The summed E-state index contributed by atoms with van der Waals surface area (Å²) in [7, 11) is 0. The lowest BCUT2D eigenvalue weighted by molar-refractivity contribution is 0.102. The van der Waals surface area contributed by atoms with Gasteiger partial charge in [-0.15, -0.1) is 0 Å². The van der Waals surface area contributed by atoms with Crippen LogP contribution < -0.4 is 5.32 Å². The Labute approximate surface area is 173 Å². The van der Waals surface area contributed by atoms with Gasteiger partial charge in [-0.3, -0.25) is 9.59 Å². The molecule has 0 bridgehead atoms. The first-order chi connectivity index (χ1) is 14.6. The first kappa shape index (κ1) is 19.3. The van der Waals surface area contributed by atoms with Gasteiger partial charge in [0.1, 0.15) is 5.82 Å². The van der Waals surface area contributed by atoms with E-state index >= 15 is 0 Å². The highest BCUT2D eigenvalue weighted by Crippen LogP contribution is 2.20. The van der Waals surface area contributed by atoms with Crippen LogP contribution in [-0.2, 0) is 0 Å². The summed E-state index contributed by atoms with van der Waals surface area (Å²) < 4.78 is 13.7. The maximum absolute atomic E-state index is 13.7. The van der Waals surface area contributed by atoms with Gasteiger partial charge in [0, 0.05) is 22.4 Å². The van der Waals surface area contributed by atoms with Gasteiger partial charge in [0.2, 0.25) is 0 Å². The van der Waals surface area contributed by atoms with Gasteiger partial charge in [-0.25, -0.2) is 4.39 Å². The predicted octanol–water partition coefficient (Wildman–Crippen LogP) is 6.13. The molecule has 0 aliphatic heterocycles. The molecular weight excluding hydrogens is 377 g/mol. The number of allylic oxidation sites excluding steroid dienone is 1. The zero-order valence-corrected chi connectivity index (χ0v) is 16.0. The number of nitrogens with one attached hydrogen (secondary N) is 1. The minimum atomic E-state index is -0.381. The lowest BCUT2D eigenvalue weighted by Crippen LogP contribution is -2.12. The molecule has 4 heteroatoms. The minimum absolute atomic E-state index is 0.217. The van der Waals surface area contributed by atoms with E-state index in [1.165, 1.54) is 18.2 Å². The predicted molar refractivity (Wildman–Crippen MR) is 118 cm³/mol. The summed E-state index contributed by atoms with van der Waals surface area (Å²) in [5.41, 5.74) is 1.97. The first-order valence-corrected chi connectivity index (χ1v) is 9.48. The van der Waals surface area contributed by atoms with Crippen molar-refractivity contribution < 1.29 is 14.0 Å². The normalized spacial score (nSPS) is 11.0. The summed E-state index contributed by atoms with van der Waals surface area (Å²) in [6.45, 7) is 0. The van der Waals surface area contributed by atoms with Crippen molar-refractivity contribution in [3.05, 3.63) is 120 Å². The Morgan fingerprint density at radius 2 is 1.47 bits per heavy atom. The summed E-state index contributed by atoms with van der Waals surface area (Å²) in [5.74, 6) is -0.844. The molecule has 4 aromatic carbocycles. The van der Waals surface area contributed by atoms with Gasteiger partial charge >= 0.3 is 0 Å². The Bertz CT molecular complexity index is 1250. The Kier molecular flexibility index (Phi) is 5.48. The van der Waals surface area contributed by atoms with Crippen LogP contribution in [0.4, 0.5) is 10.1 Å². The van der Waals surface area contributed by atoms with E-state index in [2.05, 4.69) is 5.32 Å². The van der Waals surface area contributed by atoms with Gasteiger partial charge in [-0.2, -0.15) is 0 Å². The van der Waals surface area contributed by atoms with E-state index in [9.17, 15) is 14.0 Å². The molecule has 0 aromatic heterocycles. The molecular formula is C26H18FNO2. The summed E-state index contributed by atoms with van der Waals surface area (Å²) in [4.78, 5) is 25.0. The number of amides is 1. The SMILES string of the molecule is O=C(/C=C/c1ccccc1F)c1ccc(NC(=O)c2cccc3ccccc23)cc1. The second-order valence-corrected chi connectivity index (χ2v) is 6.78. The molecule has 0 spiro atoms. The number of halogens is 1. The summed E-state index contributed by atoms with van der Waals surface area (Å²) in [5, 5.41) is 4.73. The van der Waals surface area contributed by atoms with Crippen LogP contribution in [0.3, 0.4) is 0 Å². The molecule has 1 amide bonds. The summed E-state index contributed by atoms with van der Waals surface area (Å²) in [6.07, 6.45) is 2.79. The molecule has 3 nitrogen and oxygen atoms in total. The maximum atomic E-state index is 13.7. The number of fused-ring (bicyclic) bond motifs is 1. The fourth-order valence-corrected chi connectivity index (χ4v) is 3.21. The van der Waals surface area contributed by atoms with Crippen LogP contribution in [0.15, 0.2) is 97.1 Å². The second kappa shape index (κ2) is 8.53. The van der Waals surface area contributed by atoms with Gasteiger partial charge in [0.15, 0.2) is 5.78 Å². The lowest BCUT2D eigenvalue weighted by Gasteiger charge is -2.08. The molecule has 0 saturated carbocycles. The fourth-order valence-electron chi connectivity index (χ4n) is 3.21. The second-order valence-electron chi connectivity index (χ2n) is 6.78. The standard InChI is InChI=1S/C26H18FNO2/c27-24-11-4-2-7-19(24)14-17-25(29)20-12-15-21(16-13-20)28-26(30)23-10-5-8-18-6-1-3-9-22(18)23/h1-17H,(H,28,30)/b17-14+. The van der Waals surface area contributed by atoms with E-state index in [-0.39, 0.29) is 17.5 Å². The van der Waals surface area contributed by atoms with E-state index in [0.717, 1.165) is 10.8 Å². The number of anilines is 1. The summed E-state index contributed by atoms with van der Waals surface area (Å²) in [6, 6.07) is 26.2. The number of carbonyl (C=O) groups is 2. The van der Waals surface area contributed by atoms with Crippen molar-refractivity contribution in [3.8, 4) is 0 Å². The van der Waals surface area contributed by atoms with Crippen LogP contribution in [0.5, 0.6) is 0 Å². The molecule has 0 radical (unpaired) electrons. The van der Waals surface area contributed by atoms with Gasteiger partial charge < -0.3 is 5.32 Å². The van der Waals surface area contributed by atoms with E-state index in [1.54, 1.807) is 48.5 Å². The summed E-state index contributed by atoms with van der Waals surface area (Å²) >= 11 is 0. The molecule has 0 heterocycles. The lowest BCUT2D eigenvalue weighted by atomic mass is 10.0. The van der Waals surface area contributed by atoms with Crippen molar-refractivity contribution in [2.45, 2.75) is 0 Å². The van der Waals surface area contributed by atoms with E-state index in [1.807, 2.05) is 36.4 Å². The van der Waals surface area contributed by atoms with Crippen LogP contribution in [0.25, 0.3) is 16.8 Å². The van der Waals surface area contributed by atoms with Crippen LogP contribution in [0.1, 0.15) is 26.3 Å². The Morgan fingerprint density at radius 1 is 0.767 bits per heavy atom. The highest BCUT2D eigenvalue weighted by Gasteiger charge is 2.10. The first-order valence-electron chi connectivity index (χ1n) is 9.48. The van der Waals surface area contributed by atoms with Crippen LogP contribution >= 0.6 is 0 Å². The number of ketones is 1.